The Bertz CT molecular complexity index is 334. The summed E-state index contributed by atoms with van der Waals surface area (Å²) in [5.41, 5.74) is 0. The molecule has 0 bridgehead atoms. The first kappa shape index (κ1) is 15.1. The smallest absolute Gasteiger partial charge is 0.325 e. The number of carbonyl (C=O) groups excluding carboxylic acids is 2. The summed E-state index contributed by atoms with van der Waals surface area (Å²) >= 11 is 0. The first-order chi connectivity index (χ1) is 9.70. The fourth-order valence-electron chi connectivity index (χ4n) is 3.29. The van der Waals surface area contributed by atoms with Crippen LogP contribution >= 0.6 is 0 Å². The molecule has 0 spiro atoms. The zero-order valence-corrected chi connectivity index (χ0v) is 12.4. The van der Waals surface area contributed by atoms with E-state index in [2.05, 4.69) is 5.32 Å². The van der Waals surface area contributed by atoms with Gasteiger partial charge < -0.3 is 15.0 Å². The molecule has 0 aromatic heterocycles. The molecule has 2 amide bonds. The first-order valence-corrected chi connectivity index (χ1v) is 7.84. The maximum Gasteiger partial charge on any atom is 0.325 e. The molecule has 0 aromatic carbocycles. The second kappa shape index (κ2) is 7.50. The zero-order chi connectivity index (χ0) is 14.4. The van der Waals surface area contributed by atoms with Crippen molar-refractivity contribution in [3.05, 3.63) is 0 Å². The summed E-state index contributed by atoms with van der Waals surface area (Å²) in [6.45, 7) is 0.0692. The molecule has 0 atom stereocenters. The number of nitrogens with zero attached hydrogens (tertiary/aromatic N) is 1. The van der Waals surface area contributed by atoms with E-state index in [0.717, 1.165) is 38.5 Å². The predicted octanol–water partition coefficient (Wildman–Crippen LogP) is 2.45. The minimum Gasteiger partial charge on any atom is -0.468 e. The summed E-state index contributed by atoms with van der Waals surface area (Å²) in [7, 11) is 1.37. The van der Waals surface area contributed by atoms with Gasteiger partial charge in [0, 0.05) is 12.1 Å². The molecule has 114 valence electrons. The van der Waals surface area contributed by atoms with Gasteiger partial charge in [0.1, 0.15) is 6.54 Å². The number of urea groups is 1. The van der Waals surface area contributed by atoms with Crippen molar-refractivity contribution in [3.8, 4) is 0 Å². The van der Waals surface area contributed by atoms with Crippen LogP contribution < -0.4 is 5.32 Å². The molecule has 2 saturated carbocycles. The Kier molecular flexibility index (Phi) is 5.68. The summed E-state index contributed by atoms with van der Waals surface area (Å²) in [5.74, 6) is -0.337. The average molecular weight is 282 g/mol. The molecule has 2 rings (SSSR count). The molecule has 0 radical (unpaired) electrons. The Morgan fingerprint density at radius 1 is 1.05 bits per heavy atom. The predicted molar refractivity (Wildman–Crippen MR) is 76.4 cm³/mol. The lowest BCUT2D eigenvalue weighted by atomic mass is 9.96. The van der Waals surface area contributed by atoms with Crippen LogP contribution in [0.4, 0.5) is 4.79 Å². The lowest BCUT2D eigenvalue weighted by Crippen LogP contribution is -2.51. The average Bonchev–Trinajstić information content (AvgIpc) is 2.99. The summed E-state index contributed by atoms with van der Waals surface area (Å²) in [6.07, 6.45) is 10.0. The van der Waals surface area contributed by atoms with Gasteiger partial charge in [0.15, 0.2) is 0 Å². The van der Waals surface area contributed by atoms with E-state index in [1.54, 1.807) is 4.90 Å². The van der Waals surface area contributed by atoms with Gasteiger partial charge >= 0.3 is 12.0 Å². The van der Waals surface area contributed by atoms with Gasteiger partial charge in [-0.3, -0.25) is 4.79 Å². The van der Waals surface area contributed by atoms with Crippen molar-refractivity contribution in [2.75, 3.05) is 13.7 Å². The number of rotatable bonds is 4. The maximum atomic E-state index is 12.5. The second-order valence-electron chi connectivity index (χ2n) is 5.93. The van der Waals surface area contributed by atoms with Gasteiger partial charge in [-0.25, -0.2) is 4.79 Å². The van der Waals surface area contributed by atoms with Crippen molar-refractivity contribution in [2.45, 2.75) is 69.9 Å². The van der Waals surface area contributed by atoms with Crippen molar-refractivity contribution >= 4 is 12.0 Å². The van der Waals surface area contributed by atoms with Crippen LogP contribution in [0.2, 0.25) is 0 Å². The third-order valence-electron chi connectivity index (χ3n) is 4.49. The monoisotopic (exact) mass is 282 g/mol. The van der Waals surface area contributed by atoms with Crippen LogP contribution in [0.5, 0.6) is 0 Å². The highest BCUT2D eigenvalue weighted by Crippen LogP contribution is 2.24. The number of hydrogen-bond donors (Lipinski definition) is 1. The van der Waals surface area contributed by atoms with Crippen molar-refractivity contribution in [1.29, 1.82) is 0 Å². The van der Waals surface area contributed by atoms with Crippen LogP contribution in [0.1, 0.15) is 57.8 Å². The van der Waals surface area contributed by atoms with E-state index < -0.39 is 0 Å². The Labute approximate surface area is 121 Å². The van der Waals surface area contributed by atoms with Gasteiger partial charge in [-0.2, -0.15) is 0 Å². The Balaban J connectivity index is 1.92. The minimum atomic E-state index is -0.337. The van der Waals surface area contributed by atoms with Crippen molar-refractivity contribution in [2.24, 2.45) is 0 Å². The van der Waals surface area contributed by atoms with Crippen molar-refractivity contribution in [1.82, 2.24) is 10.2 Å². The van der Waals surface area contributed by atoms with Gasteiger partial charge in [-0.15, -0.1) is 0 Å². The molecule has 0 saturated heterocycles. The normalized spacial score (nSPS) is 20.6. The zero-order valence-electron chi connectivity index (χ0n) is 12.4. The van der Waals surface area contributed by atoms with Gasteiger partial charge in [0.05, 0.1) is 7.11 Å². The molecule has 0 heterocycles. The Morgan fingerprint density at radius 2 is 1.65 bits per heavy atom. The summed E-state index contributed by atoms with van der Waals surface area (Å²) in [6, 6.07) is 0.379. The third kappa shape index (κ3) is 4.12. The maximum absolute atomic E-state index is 12.5. The Morgan fingerprint density at radius 3 is 2.25 bits per heavy atom. The molecule has 20 heavy (non-hydrogen) atoms. The largest absolute Gasteiger partial charge is 0.468 e. The topological polar surface area (TPSA) is 58.6 Å². The minimum absolute atomic E-state index is 0.0692. The number of carbonyl (C=O) groups is 2. The van der Waals surface area contributed by atoms with E-state index >= 15 is 0 Å². The van der Waals surface area contributed by atoms with E-state index in [4.69, 9.17) is 4.74 Å². The quantitative estimate of drug-likeness (QED) is 0.806. The molecule has 0 aromatic rings. The first-order valence-electron chi connectivity index (χ1n) is 7.84. The number of methoxy groups -OCH3 is 1. The standard InChI is InChI=1S/C15H26N2O3/c1-20-14(18)11-17(13-9-5-6-10-13)15(19)16-12-7-3-2-4-8-12/h12-13H,2-11H2,1H3,(H,16,19). The highest BCUT2D eigenvalue weighted by molar-refractivity contribution is 5.81. The molecule has 5 nitrogen and oxygen atoms in total. The Hall–Kier alpha value is -1.26. The molecule has 5 heteroatoms. The molecule has 1 N–H and O–H groups in total. The number of amides is 2. The van der Waals surface area contributed by atoms with Crippen LogP contribution in [0.15, 0.2) is 0 Å². The van der Waals surface area contributed by atoms with Crippen LogP contribution in [0.25, 0.3) is 0 Å². The number of esters is 1. The highest BCUT2D eigenvalue weighted by atomic mass is 16.5. The molecular weight excluding hydrogens is 256 g/mol. The van der Waals surface area contributed by atoms with Crippen LogP contribution in [-0.2, 0) is 9.53 Å². The fourth-order valence-corrected chi connectivity index (χ4v) is 3.29. The molecule has 2 aliphatic rings. The van der Waals surface area contributed by atoms with E-state index in [-0.39, 0.29) is 30.6 Å². The summed E-state index contributed by atoms with van der Waals surface area (Å²) in [5, 5.41) is 3.10. The van der Waals surface area contributed by atoms with Gasteiger partial charge in [-0.05, 0) is 25.7 Å². The van der Waals surface area contributed by atoms with Crippen molar-refractivity contribution in [3.63, 3.8) is 0 Å². The molecule has 2 aliphatic carbocycles. The third-order valence-corrected chi connectivity index (χ3v) is 4.49. The summed E-state index contributed by atoms with van der Waals surface area (Å²) < 4.78 is 4.72. The lowest BCUT2D eigenvalue weighted by molar-refractivity contribution is -0.141. The van der Waals surface area contributed by atoms with Crippen LogP contribution in [0, 0.1) is 0 Å². The molecular formula is C15H26N2O3. The van der Waals surface area contributed by atoms with E-state index in [1.807, 2.05) is 0 Å². The lowest BCUT2D eigenvalue weighted by Gasteiger charge is -2.31. The number of ether oxygens (including phenoxy) is 1. The van der Waals surface area contributed by atoms with E-state index in [0.29, 0.717) is 0 Å². The molecule has 2 fully saturated rings. The SMILES string of the molecule is COC(=O)CN(C(=O)NC1CCCCC1)C1CCCC1. The van der Waals surface area contributed by atoms with Gasteiger partial charge in [0.2, 0.25) is 0 Å². The number of hydrogen-bond acceptors (Lipinski definition) is 3. The summed E-state index contributed by atoms with van der Waals surface area (Å²) in [4.78, 5) is 25.7. The number of nitrogens with one attached hydrogen (secondary N) is 1. The van der Waals surface area contributed by atoms with Crippen molar-refractivity contribution < 1.29 is 14.3 Å². The van der Waals surface area contributed by atoms with Gasteiger partial charge in [-0.1, -0.05) is 32.1 Å². The van der Waals surface area contributed by atoms with Gasteiger partial charge in [0.25, 0.3) is 0 Å². The van der Waals surface area contributed by atoms with Crippen LogP contribution in [-0.4, -0.2) is 42.6 Å². The van der Waals surface area contributed by atoms with E-state index in [1.165, 1.54) is 26.4 Å². The molecule has 0 aliphatic heterocycles. The molecule has 0 unspecified atom stereocenters. The van der Waals surface area contributed by atoms with E-state index in [9.17, 15) is 9.59 Å². The van der Waals surface area contributed by atoms with Crippen LogP contribution in [0.3, 0.4) is 0 Å². The highest BCUT2D eigenvalue weighted by Gasteiger charge is 2.30. The second-order valence-corrected chi connectivity index (χ2v) is 5.93. The fraction of sp³-hybridized carbons (Fsp3) is 0.867.